The number of para-hydroxylation sites is 1. The van der Waals surface area contributed by atoms with Crippen LogP contribution in [0.4, 0.5) is 0 Å². The average Bonchev–Trinajstić information content (AvgIpc) is 2.70. The van der Waals surface area contributed by atoms with Crippen LogP contribution in [-0.2, 0) is 15.6 Å². The monoisotopic (exact) mass is 382 g/mol. The van der Waals surface area contributed by atoms with Crippen molar-refractivity contribution in [3.63, 3.8) is 0 Å². The van der Waals surface area contributed by atoms with E-state index < -0.39 is 28.7 Å². The van der Waals surface area contributed by atoms with Crippen molar-refractivity contribution in [3.8, 4) is 0 Å². The van der Waals surface area contributed by atoms with E-state index in [0.717, 1.165) is 5.39 Å². The van der Waals surface area contributed by atoms with Crippen molar-refractivity contribution in [2.75, 3.05) is 5.75 Å². The van der Waals surface area contributed by atoms with Gasteiger partial charge in [0, 0.05) is 16.0 Å². The number of carboxylic acids is 1. The number of nitrogens with zero attached hydrogens (tertiary/aromatic N) is 1. The number of carbonyl (C=O) groups excluding carboxylic acids is 1. The highest BCUT2D eigenvalue weighted by Crippen LogP contribution is 2.12. The minimum absolute atomic E-state index is 0.0517. The molecular weight excluding hydrogens is 364 g/mol. The fourth-order valence-corrected chi connectivity index (χ4v) is 3.74. The molecule has 0 aliphatic rings. The number of rotatable bonds is 7. The zero-order chi connectivity index (χ0) is 19.2. The van der Waals surface area contributed by atoms with Gasteiger partial charge >= 0.3 is 5.97 Å². The van der Waals surface area contributed by atoms with E-state index in [0.29, 0.717) is 10.4 Å². The van der Waals surface area contributed by atoms with Gasteiger partial charge in [-0.2, -0.15) is 0 Å². The zero-order valence-electron chi connectivity index (χ0n) is 14.4. The molecule has 1 aromatic heterocycles. The third-order valence-electron chi connectivity index (χ3n) is 4.03. The molecule has 0 fully saturated rings. The van der Waals surface area contributed by atoms with Gasteiger partial charge < -0.3 is 10.4 Å². The predicted molar refractivity (Wildman–Crippen MR) is 103 cm³/mol. The smallest absolute Gasteiger partial charge is 0.326 e. The normalized spacial score (nSPS) is 13.0. The topological polar surface area (TPSA) is 96.4 Å². The number of hydrogen-bond donors (Lipinski definition) is 2. The summed E-state index contributed by atoms with van der Waals surface area (Å²) in [6.45, 7) is 0. The summed E-state index contributed by atoms with van der Waals surface area (Å²) in [5.74, 6) is -1.61. The van der Waals surface area contributed by atoms with Gasteiger partial charge in [-0.05, 0) is 30.7 Å². The summed E-state index contributed by atoms with van der Waals surface area (Å²) in [6.07, 6.45) is 0.0517. The van der Waals surface area contributed by atoms with Crippen molar-refractivity contribution in [2.24, 2.45) is 0 Å². The molecule has 1 heterocycles. The predicted octanol–water partition coefficient (Wildman–Crippen LogP) is 2.62. The molecule has 27 heavy (non-hydrogen) atoms. The van der Waals surface area contributed by atoms with E-state index in [2.05, 4.69) is 10.3 Å². The Morgan fingerprint density at radius 1 is 1.00 bits per heavy atom. The second-order valence-corrected chi connectivity index (χ2v) is 7.48. The molecule has 7 heteroatoms. The first-order valence-electron chi connectivity index (χ1n) is 8.37. The van der Waals surface area contributed by atoms with Crippen LogP contribution < -0.4 is 5.32 Å². The Hall–Kier alpha value is -3.06. The summed E-state index contributed by atoms with van der Waals surface area (Å²) in [5.41, 5.74) is 0.798. The largest absolute Gasteiger partial charge is 0.480 e. The molecule has 2 aromatic carbocycles. The van der Waals surface area contributed by atoms with E-state index >= 15 is 0 Å². The molecule has 0 saturated carbocycles. The number of benzene rings is 2. The van der Waals surface area contributed by atoms with E-state index in [1.54, 1.807) is 42.5 Å². The Bertz CT molecular complexity index is 991. The summed E-state index contributed by atoms with van der Waals surface area (Å²) in [5, 5.41) is 12.7. The Morgan fingerprint density at radius 2 is 1.70 bits per heavy atom. The van der Waals surface area contributed by atoms with Gasteiger partial charge in [0.15, 0.2) is 0 Å². The summed E-state index contributed by atoms with van der Waals surface area (Å²) in [7, 11) is -1.33. The van der Waals surface area contributed by atoms with Crippen LogP contribution in [0.3, 0.4) is 0 Å². The van der Waals surface area contributed by atoms with Crippen LogP contribution in [0.25, 0.3) is 10.9 Å². The molecule has 0 aliphatic heterocycles. The maximum absolute atomic E-state index is 12.4. The maximum Gasteiger partial charge on any atom is 0.326 e. The molecule has 0 aliphatic carbocycles. The molecule has 0 saturated heterocycles. The standard InChI is InChI=1S/C20H18N2O4S/c23-19(17-11-10-14-6-4-5-9-16(14)21-17)22-18(20(24)25)12-13-27(26)15-7-2-1-3-8-15/h1-11,18H,12-13H2,(H,22,23)(H,24,25)/t18-,27-/m0/s1. The molecule has 0 spiro atoms. The zero-order valence-corrected chi connectivity index (χ0v) is 15.2. The molecule has 0 bridgehead atoms. The lowest BCUT2D eigenvalue weighted by Crippen LogP contribution is -2.41. The minimum Gasteiger partial charge on any atom is -0.480 e. The van der Waals surface area contributed by atoms with E-state index in [4.69, 9.17) is 0 Å². The second-order valence-electron chi connectivity index (χ2n) is 5.90. The third kappa shape index (κ3) is 4.77. The van der Waals surface area contributed by atoms with Crippen molar-refractivity contribution >= 4 is 33.6 Å². The van der Waals surface area contributed by atoms with Gasteiger partial charge in [-0.3, -0.25) is 9.00 Å². The fraction of sp³-hybridized carbons (Fsp3) is 0.150. The average molecular weight is 382 g/mol. The molecule has 1 amide bonds. The molecule has 3 rings (SSSR count). The van der Waals surface area contributed by atoms with E-state index in [9.17, 15) is 18.9 Å². The van der Waals surface area contributed by atoms with Gasteiger partial charge in [-0.25, -0.2) is 9.78 Å². The lowest BCUT2D eigenvalue weighted by molar-refractivity contribution is -0.139. The van der Waals surface area contributed by atoms with Gasteiger partial charge in [0.25, 0.3) is 5.91 Å². The number of carbonyl (C=O) groups is 2. The van der Waals surface area contributed by atoms with Crippen LogP contribution in [0.15, 0.2) is 71.6 Å². The lowest BCUT2D eigenvalue weighted by Gasteiger charge is -2.14. The van der Waals surface area contributed by atoms with Crippen molar-refractivity contribution in [3.05, 3.63) is 72.4 Å². The highest BCUT2D eigenvalue weighted by molar-refractivity contribution is 7.85. The van der Waals surface area contributed by atoms with Crippen LogP contribution in [0.5, 0.6) is 0 Å². The Labute approximate surface area is 158 Å². The molecule has 3 aromatic rings. The molecule has 2 N–H and O–H groups in total. The van der Waals surface area contributed by atoms with Gasteiger partial charge in [-0.1, -0.05) is 42.5 Å². The van der Waals surface area contributed by atoms with E-state index in [1.807, 2.05) is 24.3 Å². The van der Waals surface area contributed by atoms with Gasteiger partial charge in [0.1, 0.15) is 11.7 Å². The van der Waals surface area contributed by atoms with Crippen molar-refractivity contribution in [1.29, 1.82) is 0 Å². The number of hydrogen-bond acceptors (Lipinski definition) is 4. The Kier molecular flexibility index (Phi) is 5.93. The Balaban J connectivity index is 1.67. The molecule has 0 radical (unpaired) electrons. The van der Waals surface area contributed by atoms with Crippen LogP contribution >= 0.6 is 0 Å². The molecule has 138 valence electrons. The first-order valence-corrected chi connectivity index (χ1v) is 9.69. The van der Waals surface area contributed by atoms with Gasteiger partial charge in [-0.15, -0.1) is 0 Å². The lowest BCUT2D eigenvalue weighted by atomic mass is 10.2. The first kappa shape index (κ1) is 18.7. The second kappa shape index (κ2) is 8.55. The number of nitrogens with one attached hydrogen (secondary N) is 1. The summed E-state index contributed by atoms with van der Waals surface area (Å²) >= 11 is 0. The SMILES string of the molecule is O=C(N[C@@H](CC[S@](=O)c1ccccc1)C(=O)O)c1ccc2ccccc2n1. The van der Waals surface area contributed by atoms with Crippen molar-refractivity contribution < 1.29 is 18.9 Å². The maximum atomic E-state index is 12.4. The number of carboxylic acid groups (broad SMARTS) is 1. The molecule has 2 atom stereocenters. The number of aromatic nitrogens is 1. The Morgan fingerprint density at radius 3 is 2.44 bits per heavy atom. The van der Waals surface area contributed by atoms with Crippen LogP contribution in [0.1, 0.15) is 16.9 Å². The molecule has 0 unspecified atom stereocenters. The summed E-state index contributed by atoms with van der Waals surface area (Å²) < 4.78 is 12.3. The number of aliphatic carboxylic acids is 1. The van der Waals surface area contributed by atoms with E-state index in [1.165, 1.54) is 0 Å². The first-order chi connectivity index (χ1) is 13.0. The van der Waals surface area contributed by atoms with Crippen molar-refractivity contribution in [1.82, 2.24) is 10.3 Å². The molecular formula is C20H18N2O4S. The third-order valence-corrected chi connectivity index (χ3v) is 5.44. The number of pyridine rings is 1. The summed E-state index contributed by atoms with van der Waals surface area (Å²) in [6, 6.07) is 18.3. The van der Waals surface area contributed by atoms with Crippen molar-refractivity contribution in [2.45, 2.75) is 17.4 Å². The number of fused-ring (bicyclic) bond motifs is 1. The van der Waals surface area contributed by atoms with Crippen LogP contribution in [-0.4, -0.2) is 38.0 Å². The van der Waals surface area contributed by atoms with Crippen LogP contribution in [0.2, 0.25) is 0 Å². The van der Waals surface area contributed by atoms with Gasteiger partial charge in [0.05, 0.1) is 16.3 Å². The quantitative estimate of drug-likeness (QED) is 0.655. The highest BCUT2D eigenvalue weighted by atomic mass is 32.2. The van der Waals surface area contributed by atoms with E-state index in [-0.39, 0.29) is 17.9 Å². The summed E-state index contributed by atoms with van der Waals surface area (Å²) in [4.78, 5) is 28.8. The number of amides is 1. The van der Waals surface area contributed by atoms with Crippen LogP contribution in [0, 0.1) is 0 Å². The van der Waals surface area contributed by atoms with Gasteiger partial charge in [0.2, 0.25) is 0 Å². The minimum atomic E-state index is -1.33. The highest BCUT2D eigenvalue weighted by Gasteiger charge is 2.22. The molecule has 6 nitrogen and oxygen atoms in total. The fourth-order valence-electron chi connectivity index (χ4n) is 2.60.